The molecule has 0 fully saturated rings. The Balaban J connectivity index is 1.45. The maximum Gasteiger partial charge on any atom is 0.242 e. The van der Waals surface area contributed by atoms with Crippen LogP contribution < -0.4 is 16.4 Å². The van der Waals surface area contributed by atoms with Gasteiger partial charge in [0.2, 0.25) is 6.71 Å². The largest absolute Gasteiger partial charge is 0.242 e. The maximum atomic E-state index is 2.72. The van der Waals surface area contributed by atoms with E-state index in [2.05, 4.69) is 174 Å². The third-order valence-electron chi connectivity index (χ3n) is 16.2. The van der Waals surface area contributed by atoms with Gasteiger partial charge in [-0.2, -0.15) is 0 Å². The fourth-order valence-electron chi connectivity index (χ4n) is 13.7. The van der Waals surface area contributed by atoms with E-state index in [-0.39, 0.29) is 23.0 Å². The predicted octanol–water partition coefficient (Wildman–Crippen LogP) is 13.3. The summed E-state index contributed by atoms with van der Waals surface area (Å²) in [6, 6.07) is 36.6. The molecule has 6 aromatic rings. The first-order chi connectivity index (χ1) is 27.9. The molecule has 1 heteroatoms. The summed E-state index contributed by atoms with van der Waals surface area (Å²) >= 11 is 0. The molecule has 0 spiro atoms. The number of fused-ring (bicyclic) bond motifs is 12. The molecule has 0 atom stereocenters. The van der Waals surface area contributed by atoms with Crippen LogP contribution in [0.4, 0.5) is 0 Å². The average Bonchev–Trinajstić information content (AvgIpc) is 3.79. The highest BCUT2D eigenvalue weighted by atomic mass is 14.6. The van der Waals surface area contributed by atoms with E-state index >= 15 is 0 Å². The maximum absolute atomic E-state index is 2.72. The van der Waals surface area contributed by atoms with Gasteiger partial charge in [-0.3, -0.25) is 0 Å². The normalized spacial score (nSPS) is 15.7. The van der Waals surface area contributed by atoms with Gasteiger partial charge in [0.15, 0.2) is 0 Å². The van der Waals surface area contributed by atoms with Crippen LogP contribution in [0.5, 0.6) is 0 Å². The molecule has 0 aromatic heterocycles. The highest BCUT2D eigenvalue weighted by Gasteiger charge is 2.56. The first-order valence-corrected chi connectivity index (χ1v) is 22.7. The summed E-state index contributed by atoms with van der Waals surface area (Å²) in [6.07, 6.45) is 6.52. The van der Waals surface area contributed by atoms with E-state index < -0.39 is 0 Å². The Hall–Kier alpha value is -4.62. The van der Waals surface area contributed by atoms with Gasteiger partial charge in [0.05, 0.1) is 0 Å². The standard InChI is InChI=1S/C57H63B/c1-13-55(14-2)45-26-22-20-24-42(45)48-50(55)47-41-23-19-21-25-44(41)56(15-3,16-4)51(47)49-43-28-27-40(33-46(43)57(17-5,18-6)52(48)49)58(53-36(9)29-34(7)30-37(53)10)54-38(11)31-35(8)32-39(54)12/h19-33H,13-18H2,1-12H3. The molecule has 294 valence electrons. The molecule has 0 bridgehead atoms. The van der Waals surface area contributed by atoms with Crippen LogP contribution in [-0.4, -0.2) is 6.71 Å². The fraction of sp³-hybridized carbons (Fsp3) is 0.368. The molecule has 0 N–H and O–H groups in total. The number of benzene rings is 6. The monoisotopic (exact) mass is 759 g/mol. The lowest BCUT2D eigenvalue weighted by atomic mass is 9.34. The zero-order valence-corrected chi connectivity index (χ0v) is 37.5. The lowest BCUT2D eigenvalue weighted by Crippen LogP contribution is -2.56. The minimum Gasteiger partial charge on any atom is -0.0683 e. The molecule has 9 rings (SSSR count). The number of rotatable bonds is 9. The van der Waals surface area contributed by atoms with E-state index in [0.29, 0.717) is 0 Å². The van der Waals surface area contributed by atoms with Crippen LogP contribution >= 0.6 is 0 Å². The van der Waals surface area contributed by atoms with E-state index in [9.17, 15) is 0 Å². The third kappa shape index (κ3) is 4.83. The summed E-state index contributed by atoms with van der Waals surface area (Å²) in [7, 11) is 0. The smallest absolute Gasteiger partial charge is 0.0683 e. The van der Waals surface area contributed by atoms with Gasteiger partial charge in [0.25, 0.3) is 0 Å². The molecule has 6 aromatic carbocycles. The van der Waals surface area contributed by atoms with Crippen molar-refractivity contribution < 1.29 is 0 Å². The third-order valence-corrected chi connectivity index (χ3v) is 16.2. The van der Waals surface area contributed by atoms with Crippen LogP contribution in [0.1, 0.15) is 147 Å². The Kier molecular flexibility index (Phi) is 9.20. The summed E-state index contributed by atoms with van der Waals surface area (Å²) in [4.78, 5) is 0. The van der Waals surface area contributed by atoms with Crippen LogP contribution in [0.25, 0.3) is 33.4 Å². The van der Waals surface area contributed by atoms with Gasteiger partial charge < -0.3 is 0 Å². The Labute approximate surface area is 350 Å². The summed E-state index contributed by atoms with van der Waals surface area (Å²) in [5.74, 6) is 0. The quantitative estimate of drug-likeness (QED) is 0.129. The summed E-state index contributed by atoms with van der Waals surface area (Å²) in [5, 5.41) is 0. The summed E-state index contributed by atoms with van der Waals surface area (Å²) in [6.45, 7) is 28.8. The molecular formula is C57H63B. The van der Waals surface area contributed by atoms with Crippen LogP contribution in [0.2, 0.25) is 0 Å². The van der Waals surface area contributed by atoms with Crippen molar-refractivity contribution in [3.63, 3.8) is 0 Å². The van der Waals surface area contributed by atoms with E-state index in [1.165, 1.54) is 66.5 Å². The molecule has 0 saturated carbocycles. The molecule has 0 aliphatic heterocycles. The molecule has 3 aliphatic carbocycles. The predicted molar refractivity (Wildman–Crippen MR) is 253 cm³/mol. The van der Waals surface area contributed by atoms with Crippen LogP contribution in [0.3, 0.4) is 0 Å². The molecule has 0 amide bonds. The van der Waals surface area contributed by atoms with Gasteiger partial charge in [-0.15, -0.1) is 0 Å². The van der Waals surface area contributed by atoms with E-state index in [1.807, 2.05) is 0 Å². The second kappa shape index (κ2) is 13.7. The summed E-state index contributed by atoms with van der Waals surface area (Å²) < 4.78 is 0. The van der Waals surface area contributed by atoms with Gasteiger partial charge in [-0.25, -0.2) is 0 Å². The zero-order chi connectivity index (χ0) is 41.1. The SMILES string of the molecule is CCC1(CC)c2ccccc2-c2c1c1c(c3c2C(CC)(CC)c2cc(B(c4c(C)cc(C)cc4C)c4c(C)cc(C)cc4C)ccc2-3)C(CC)(CC)c2ccccc2-1. The van der Waals surface area contributed by atoms with Gasteiger partial charge >= 0.3 is 0 Å². The second-order valence-corrected chi connectivity index (χ2v) is 18.6. The Bertz CT molecular complexity index is 2540. The van der Waals surface area contributed by atoms with Crippen molar-refractivity contribution in [1.82, 2.24) is 0 Å². The van der Waals surface area contributed by atoms with Crippen LogP contribution in [0, 0.1) is 41.5 Å². The first-order valence-electron chi connectivity index (χ1n) is 22.7. The van der Waals surface area contributed by atoms with Crippen molar-refractivity contribution in [3.8, 4) is 33.4 Å². The highest BCUT2D eigenvalue weighted by Crippen LogP contribution is 2.70. The topological polar surface area (TPSA) is 0 Å². The molecule has 3 aliphatic rings. The van der Waals surface area contributed by atoms with Gasteiger partial charge in [0, 0.05) is 16.2 Å². The van der Waals surface area contributed by atoms with Crippen molar-refractivity contribution in [2.45, 2.75) is 138 Å². The van der Waals surface area contributed by atoms with Gasteiger partial charge in [0.1, 0.15) is 0 Å². The molecule has 0 unspecified atom stereocenters. The molecule has 0 radical (unpaired) electrons. The fourth-order valence-corrected chi connectivity index (χ4v) is 13.7. The van der Waals surface area contributed by atoms with Crippen molar-refractivity contribution in [2.75, 3.05) is 0 Å². The van der Waals surface area contributed by atoms with Crippen LogP contribution in [0.15, 0.2) is 91.0 Å². The van der Waals surface area contributed by atoms with Crippen molar-refractivity contribution >= 4 is 23.1 Å². The Morgan fingerprint density at radius 3 is 1.07 bits per heavy atom. The first kappa shape index (κ1) is 38.9. The zero-order valence-electron chi connectivity index (χ0n) is 37.5. The minimum absolute atomic E-state index is 0.0328. The molecule has 58 heavy (non-hydrogen) atoms. The average molecular weight is 759 g/mol. The number of aryl methyl sites for hydroxylation is 6. The summed E-state index contributed by atoms with van der Waals surface area (Å²) in [5.41, 5.74) is 31.1. The van der Waals surface area contributed by atoms with Crippen molar-refractivity contribution in [3.05, 3.63) is 158 Å². The molecule has 0 nitrogen and oxygen atoms in total. The van der Waals surface area contributed by atoms with Crippen molar-refractivity contribution in [2.24, 2.45) is 0 Å². The molecular weight excluding hydrogens is 695 g/mol. The van der Waals surface area contributed by atoms with E-state index in [1.54, 1.807) is 50.1 Å². The highest BCUT2D eigenvalue weighted by molar-refractivity contribution is 6.96. The van der Waals surface area contributed by atoms with Crippen LogP contribution in [-0.2, 0) is 16.2 Å². The lowest BCUT2D eigenvalue weighted by molar-refractivity contribution is 0.473. The number of hydrogen-bond acceptors (Lipinski definition) is 0. The number of hydrogen-bond donors (Lipinski definition) is 0. The molecule has 0 saturated heterocycles. The Morgan fingerprint density at radius 1 is 0.379 bits per heavy atom. The Morgan fingerprint density at radius 2 is 0.707 bits per heavy atom. The van der Waals surface area contributed by atoms with Gasteiger partial charge in [-0.1, -0.05) is 182 Å². The van der Waals surface area contributed by atoms with Crippen molar-refractivity contribution in [1.29, 1.82) is 0 Å². The van der Waals surface area contributed by atoms with Gasteiger partial charge in [-0.05, 0) is 147 Å². The second-order valence-electron chi connectivity index (χ2n) is 18.6. The van der Waals surface area contributed by atoms with E-state index in [4.69, 9.17) is 0 Å². The minimum atomic E-state index is -0.119. The van der Waals surface area contributed by atoms with E-state index in [0.717, 1.165) is 38.5 Å². The lowest BCUT2D eigenvalue weighted by Gasteiger charge is -2.37. The molecule has 0 heterocycles.